The van der Waals surface area contributed by atoms with Crippen molar-refractivity contribution in [3.05, 3.63) is 51.3 Å². The topological polar surface area (TPSA) is 22.1 Å². The van der Waals surface area contributed by atoms with Gasteiger partial charge in [-0.3, -0.25) is 0 Å². The third-order valence-corrected chi connectivity index (χ3v) is 3.24. The van der Waals surface area contributed by atoms with E-state index >= 15 is 0 Å². The Kier molecular flexibility index (Phi) is 3.64. The molecule has 0 saturated carbocycles. The van der Waals surface area contributed by atoms with Crippen LogP contribution in [-0.4, -0.2) is 4.98 Å². The molecule has 0 N–H and O–H groups in total. The summed E-state index contributed by atoms with van der Waals surface area (Å²) >= 11 is 9.19. The summed E-state index contributed by atoms with van der Waals surface area (Å²) in [6.45, 7) is 1.85. The van der Waals surface area contributed by atoms with Crippen molar-refractivity contribution in [2.45, 2.75) is 6.92 Å². The maximum absolute atomic E-state index is 12.8. The van der Waals surface area contributed by atoms with Crippen LogP contribution in [0, 0.1) is 12.7 Å². The molecule has 0 aliphatic rings. The second-order valence-electron chi connectivity index (χ2n) is 3.39. The van der Waals surface area contributed by atoms with Gasteiger partial charge in [-0.2, -0.15) is 0 Å². The predicted molar refractivity (Wildman–Crippen MR) is 68.2 cm³/mol. The van der Waals surface area contributed by atoms with Gasteiger partial charge in [0.1, 0.15) is 11.6 Å². The Labute approximate surface area is 112 Å². The summed E-state index contributed by atoms with van der Waals surface area (Å²) in [5.74, 6) is 0.392. The molecule has 17 heavy (non-hydrogen) atoms. The summed E-state index contributed by atoms with van der Waals surface area (Å²) in [6, 6.07) is 7.48. The Morgan fingerprint density at radius 1 is 1.29 bits per heavy atom. The van der Waals surface area contributed by atoms with Gasteiger partial charge in [0.2, 0.25) is 5.88 Å². The largest absolute Gasteiger partial charge is 0.437 e. The molecule has 1 aromatic carbocycles. The third kappa shape index (κ3) is 2.96. The summed E-state index contributed by atoms with van der Waals surface area (Å²) in [6.07, 6.45) is 0. The van der Waals surface area contributed by atoms with Gasteiger partial charge in [-0.05, 0) is 47.1 Å². The van der Waals surface area contributed by atoms with Gasteiger partial charge in [0, 0.05) is 10.5 Å². The van der Waals surface area contributed by atoms with Crippen LogP contribution in [-0.2, 0) is 0 Å². The van der Waals surface area contributed by atoms with E-state index in [1.807, 2.05) is 13.0 Å². The number of rotatable bonds is 2. The van der Waals surface area contributed by atoms with E-state index in [1.54, 1.807) is 6.07 Å². The Hall–Kier alpha value is -1.13. The van der Waals surface area contributed by atoms with Gasteiger partial charge in [-0.15, -0.1) is 0 Å². The number of hydrogen-bond donors (Lipinski definition) is 0. The molecule has 88 valence electrons. The molecule has 0 amide bonds. The van der Waals surface area contributed by atoms with E-state index in [2.05, 4.69) is 20.9 Å². The second kappa shape index (κ2) is 5.02. The minimum Gasteiger partial charge on any atom is -0.437 e. The standard InChI is InChI=1S/C12H8BrClFNO/c1-7-9(13)3-5-12(16-7)17-11-4-2-8(15)6-10(11)14/h2-6H,1H3. The van der Waals surface area contributed by atoms with Gasteiger partial charge >= 0.3 is 0 Å². The van der Waals surface area contributed by atoms with Crippen LogP contribution in [0.4, 0.5) is 4.39 Å². The highest BCUT2D eigenvalue weighted by Crippen LogP contribution is 2.29. The highest BCUT2D eigenvalue weighted by atomic mass is 79.9. The van der Waals surface area contributed by atoms with Crippen LogP contribution in [0.1, 0.15) is 5.69 Å². The SMILES string of the molecule is Cc1nc(Oc2ccc(F)cc2Cl)ccc1Br. The number of aromatic nitrogens is 1. The minimum atomic E-state index is -0.401. The van der Waals surface area contributed by atoms with E-state index in [9.17, 15) is 4.39 Å². The molecule has 2 nitrogen and oxygen atoms in total. The van der Waals surface area contributed by atoms with Crippen molar-refractivity contribution in [3.8, 4) is 11.6 Å². The minimum absolute atomic E-state index is 0.215. The van der Waals surface area contributed by atoms with Crippen LogP contribution >= 0.6 is 27.5 Å². The Morgan fingerprint density at radius 3 is 2.71 bits per heavy atom. The first-order chi connectivity index (χ1) is 8.06. The molecule has 0 unspecified atom stereocenters. The number of ether oxygens (including phenoxy) is 1. The van der Waals surface area contributed by atoms with Crippen molar-refractivity contribution in [2.24, 2.45) is 0 Å². The summed E-state index contributed by atoms with van der Waals surface area (Å²) in [4.78, 5) is 4.21. The number of benzene rings is 1. The molecule has 2 rings (SSSR count). The maximum Gasteiger partial charge on any atom is 0.219 e. The van der Waals surface area contributed by atoms with Crippen LogP contribution in [0.5, 0.6) is 11.6 Å². The third-order valence-electron chi connectivity index (χ3n) is 2.10. The molecule has 0 aliphatic heterocycles. The Balaban J connectivity index is 2.28. The molecule has 1 aromatic heterocycles. The van der Waals surface area contributed by atoms with Gasteiger partial charge in [0.05, 0.1) is 10.7 Å². The lowest BCUT2D eigenvalue weighted by Gasteiger charge is -2.07. The molecule has 0 fully saturated rings. The zero-order valence-electron chi connectivity index (χ0n) is 8.88. The van der Waals surface area contributed by atoms with Crippen molar-refractivity contribution in [1.82, 2.24) is 4.98 Å². The summed E-state index contributed by atoms with van der Waals surface area (Å²) in [5, 5.41) is 0.215. The molecular formula is C12H8BrClFNO. The molecule has 2 aromatic rings. The molecule has 5 heteroatoms. The number of aryl methyl sites for hydroxylation is 1. The van der Waals surface area contributed by atoms with Gasteiger partial charge < -0.3 is 4.74 Å². The fourth-order valence-electron chi connectivity index (χ4n) is 1.25. The molecule has 0 spiro atoms. The molecule has 0 bridgehead atoms. The van der Waals surface area contributed by atoms with E-state index < -0.39 is 5.82 Å². The summed E-state index contributed by atoms with van der Waals surface area (Å²) < 4.78 is 19.2. The average Bonchev–Trinajstić information content (AvgIpc) is 2.27. The summed E-state index contributed by atoms with van der Waals surface area (Å²) in [7, 11) is 0. The maximum atomic E-state index is 12.8. The number of pyridine rings is 1. The lowest BCUT2D eigenvalue weighted by molar-refractivity contribution is 0.460. The van der Waals surface area contributed by atoms with Gasteiger partial charge in [0.15, 0.2) is 0 Å². The zero-order chi connectivity index (χ0) is 12.4. The highest BCUT2D eigenvalue weighted by Gasteiger charge is 2.06. The monoisotopic (exact) mass is 315 g/mol. The van der Waals surface area contributed by atoms with E-state index in [4.69, 9.17) is 16.3 Å². The molecule has 0 atom stereocenters. The van der Waals surface area contributed by atoms with Crippen molar-refractivity contribution >= 4 is 27.5 Å². The molecular weight excluding hydrogens is 308 g/mol. The van der Waals surface area contributed by atoms with Crippen molar-refractivity contribution < 1.29 is 9.13 Å². The smallest absolute Gasteiger partial charge is 0.219 e. The number of halogens is 3. The highest BCUT2D eigenvalue weighted by molar-refractivity contribution is 9.10. The average molecular weight is 317 g/mol. The first-order valence-electron chi connectivity index (χ1n) is 4.82. The molecule has 1 heterocycles. The quantitative estimate of drug-likeness (QED) is 0.798. The first-order valence-corrected chi connectivity index (χ1v) is 5.99. The van der Waals surface area contributed by atoms with Crippen molar-refractivity contribution in [1.29, 1.82) is 0 Å². The second-order valence-corrected chi connectivity index (χ2v) is 4.66. The van der Waals surface area contributed by atoms with Crippen molar-refractivity contribution in [3.63, 3.8) is 0 Å². The van der Waals surface area contributed by atoms with E-state index in [0.717, 1.165) is 10.2 Å². The summed E-state index contributed by atoms with van der Waals surface area (Å²) in [5.41, 5.74) is 0.806. The Bertz CT molecular complexity index is 562. The van der Waals surface area contributed by atoms with Crippen LogP contribution < -0.4 is 4.74 Å². The van der Waals surface area contributed by atoms with Crippen LogP contribution in [0.15, 0.2) is 34.8 Å². The number of hydrogen-bond acceptors (Lipinski definition) is 2. The normalized spacial score (nSPS) is 10.4. The fourth-order valence-corrected chi connectivity index (χ4v) is 1.68. The van der Waals surface area contributed by atoms with Crippen LogP contribution in [0.2, 0.25) is 5.02 Å². The lowest BCUT2D eigenvalue weighted by atomic mass is 10.3. The van der Waals surface area contributed by atoms with Crippen molar-refractivity contribution in [2.75, 3.05) is 0 Å². The van der Waals surface area contributed by atoms with Gasteiger partial charge in [-0.25, -0.2) is 9.37 Å². The zero-order valence-corrected chi connectivity index (χ0v) is 11.2. The Morgan fingerprint density at radius 2 is 2.06 bits per heavy atom. The molecule has 0 aliphatic carbocycles. The lowest BCUT2D eigenvalue weighted by Crippen LogP contribution is -1.91. The van der Waals surface area contributed by atoms with Gasteiger partial charge in [0.25, 0.3) is 0 Å². The number of nitrogens with zero attached hydrogens (tertiary/aromatic N) is 1. The fraction of sp³-hybridized carbons (Fsp3) is 0.0833. The molecule has 0 radical (unpaired) electrons. The van der Waals surface area contributed by atoms with Gasteiger partial charge in [-0.1, -0.05) is 11.6 Å². The van der Waals surface area contributed by atoms with E-state index in [0.29, 0.717) is 11.6 Å². The van der Waals surface area contributed by atoms with Crippen LogP contribution in [0.3, 0.4) is 0 Å². The van der Waals surface area contributed by atoms with Crippen LogP contribution in [0.25, 0.3) is 0 Å². The predicted octanol–water partition coefficient (Wildman–Crippen LogP) is 4.74. The van der Waals surface area contributed by atoms with E-state index in [1.165, 1.54) is 18.2 Å². The van der Waals surface area contributed by atoms with E-state index in [-0.39, 0.29) is 5.02 Å². The molecule has 0 saturated heterocycles. The first kappa shape index (κ1) is 12.3.